The molecule has 9 aromatic carbocycles. The van der Waals surface area contributed by atoms with Crippen molar-refractivity contribution in [2.24, 2.45) is 0 Å². The van der Waals surface area contributed by atoms with Crippen molar-refractivity contribution in [3.63, 3.8) is 0 Å². The van der Waals surface area contributed by atoms with Gasteiger partial charge in [-0.25, -0.2) is 15.0 Å². The van der Waals surface area contributed by atoms with E-state index in [2.05, 4.69) is 132 Å². The summed E-state index contributed by atoms with van der Waals surface area (Å²) in [5.74, 6) is 1.78. The van der Waals surface area contributed by atoms with Gasteiger partial charge in [-0.15, -0.1) is 0 Å². The molecule has 12 rings (SSSR count). The summed E-state index contributed by atoms with van der Waals surface area (Å²) in [6.07, 6.45) is 0. The molecule has 0 aliphatic rings. The second-order valence-corrected chi connectivity index (χ2v) is 15.2. The van der Waals surface area contributed by atoms with Gasteiger partial charge in [0.25, 0.3) is 0 Å². The molecule has 0 atom stereocenters. The minimum atomic E-state index is 0.574. The fourth-order valence-corrected chi connectivity index (χ4v) is 8.54. The molecule has 286 valence electrons. The molecule has 3 aromatic heterocycles. The molecule has 0 fully saturated rings. The number of aromatic nitrogens is 3. The zero-order chi connectivity index (χ0) is 40.3. The first kappa shape index (κ1) is 34.7. The molecule has 3 heterocycles. The van der Waals surface area contributed by atoms with E-state index in [1.165, 1.54) is 0 Å². The minimum absolute atomic E-state index is 0.574. The summed E-state index contributed by atoms with van der Waals surface area (Å²) < 4.78 is 13.0. The van der Waals surface area contributed by atoms with Crippen molar-refractivity contribution in [1.29, 1.82) is 0 Å². The molecule has 0 spiro atoms. The van der Waals surface area contributed by atoms with E-state index in [4.69, 9.17) is 23.8 Å². The maximum absolute atomic E-state index is 6.76. The Hall–Kier alpha value is -8.35. The van der Waals surface area contributed by atoms with Crippen molar-refractivity contribution in [2.75, 3.05) is 4.90 Å². The van der Waals surface area contributed by atoms with Crippen LogP contribution >= 0.6 is 0 Å². The van der Waals surface area contributed by atoms with E-state index in [9.17, 15) is 0 Å². The lowest BCUT2D eigenvalue weighted by Crippen LogP contribution is -2.09. The maximum atomic E-state index is 6.76. The van der Waals surface area contributed by atoms with Crippen molar-refractivity contribution in [3.05, 3.63) is 206 Å². The summed E-state index contributed by atoms with van der Waals surface area (Å²) in [6, 6.07) is 71.0. The van der Waals surface area contributed by atoms with E-state index < -0.39 is 0 Å². The molecule has 0 bridgehead atoms. The Balaban J connectivity index is 1.04. The molecule has 0 unspecified atom stereocenters. The lowest BCUT2D eigenvalue weighted by atomic mass is 9.97. The summed E-state index contributed by atoms with van der Waals surface area (Å²) in [7, 11) is 0. The molecule has 0 amide bonds. The number of benzene rings is 9. The largest absolute Gasteiger partial charge is 0.456 e. The van der Waals surface area contributed by atoms with Gasteiger partial charge in [0.1, 0.15) is 22.3 Å². The number of furan rings is 2. The van der Waals surface area contributed by atoms with Gasteiger partial charge in [-0.1, -0.05) is 133 Å². The van der Waals surface area contributed by atoms with Gasteiger partial charge >= 0.3 is 0 Å². The van der Waals surface area contributed by atoms with Crippen LogP contribution in [0.1, 0.15) is 0 Å². The predicted molar refractivity (Wildman–Crippen MR) is 248 cm³/mol. The molecule has 0 aliphatic heterocycles. The maximum Gasteiger partial charge on any atom is 0.164 e. The quantitative estimate of drug-likeness (QED) is 0.160. The van der Waals surface area contributed by atoms with Crippen molar-refractivity contribution < 1.29 is 8.83 Å². The average molecular weight is 783 g/mol. The molecule has 12 aromatic rings. The number of hydrogen-bond acceptors (Lipinski definition) is 6. The summed E-state index contributed by atoms with van der Waals surface area (Å²) in [4.78, 5) is 17.7. The van der Waals surface area contributed by atoms with Crippen molar-refractivity contribution >= 4 is 71.7 Å². The molecule has 0 saturated heterocycles. The molecule has 6 heteroatoms. The van der Waals surface area contributed by atoms with E-state index in [0.29, 0.717) is 17.5 Å². The van der Waals surface area contributed by atoms with Crippen LogP contribution in [0, 0.1) is 0 Å². The zero-order valence-corrected chi connectivity index (χ0v) is 32.7. The lowest BCUT2D eigenvalue weighted by molar-refractivity contribution is 0.669. The van der Waals surface area contributed by atoms with Crippen LogP contribution in [0.25, 0.3) is 99.9 Å². The van der Waals surface area contributed by atoms with E-state index in [0.717, 1.165) is 99.5 Å². The number of fused-ring (bicyclic) bond motifs is 7. The molecule has 0 saturated carbocycles. The number of anilines is 3. The first-order valence-corrected chi connectivity index (χ1v) is 20.3. The monoisotopic (exact) mass is 782 g/mol. The van der Waals surface area contributed by atoms with Gasteiger partial charge in [0.05, 0.1) is 0 Å². The molecule has 0 N–H and O–H groups in total. The van der Waals surface area contributed by atoms with Gasteiger partial charge in [-0.05, 0) is 94.7 Å². The SMILES string of the molecule is c1ccc(-c2nc(-c3ccccc3)nc(-c3cc(-c4ccc(N(c5ccccc5)c5ccc6oc7ccccc7c6c5)cc4)cc4oc5cc6ccccc6cc5c34)n2)cc1. The third kappa shape index (κ3) is 6.09. The van der Waals surface area contributed by atoms with Crippen LogP contribution in [0.4, 0.5) is 17.1 Å². The molecule has 0 radical (unpaired) electrons. The Kier molecular flexibility index (Phi) is 8.06. The van der Waals surface area contributed by atoms with E-state index in [-0.39, 0.29) is 0 Å². The summed E-state index contributed by atoms with van der Waals surface area (Å²) >= 11 is 0. The fraction of sp³-hybridized carbons (Fsp3) is 0. The van der Waals surface area contributed by atoms with Gasteiger partial charge in [0.2, 0.25) is 0 Å². The predicted octanol–water partition coefficient (Wildman–Crippen LogP) is 15.0. The van der Waals surface area contributed by atoms with Crippen LogP contribution in [0.3, 0.4) is 0 Å². The van der Waals surface area contributed by atoms with E-state index in [1.807, 2.05) is 78.9 Å². The third-order valence-corrected chi connectivity index (χ3v) is 11.5. The normalized spacial score (nSPS) is 11.6. The van der Waals surface area contributed by atoms with Crippen LogP contribution in [-0.2, 0) is 0 Å². The molecular formula is C55H34N4O2. The highest BCUT2D eigenvalue weighted by Gasteiger charge is 2.21. The fourth-order valence-electron chi connectivity index (χ4n) is 8.54. The highest BCUT2D eigenvalue weighted by molar-refractivity contribution is 6.16. The highest BCUT2D eigenvalue weighted by atomic mass is 16.3. The summed E-state index contributed by atoms with van der Waals surface area (Å²) in [6.45, 7) is 0. The van der Waals surface area contributed by atoms with Crippen LogP contribution < -0.4 is 4.90 Å². The Morgan fingerprint density at radius 1 is 0.311 bits per heavy atom. The Bertz CT molecular complexity index is 3520. The smallest absolute Gasteiger partial charge is 0.164 e. The summed E-state index contributed by atoms with van der Waals surface area (Å²) in [5, 5.41) is 6.40. The van der Waals surface area contributed by atoms with Gasteiger partial charge in [0, 0.05) is 55.3 Å². The van der Waals surface area contributed by atoms with Crippen LogP contribution in [0.5, 0.6) is 0 Å². The Morgan fingerprint density at radius 3 is 1.59 bits per heavy atom. The highest BCUT2D eigenvalue weighted by Crippen LogP contribution is 2.43. The van der Waals surface area contributed by atoms with Crippen molar-refractivity contribution in [2.45, 2.75) is 0 Å². The van der Waals surface area contributed by atoms with Crippen molar-refractivity contribution in [1.82, 2.24) is 15.0 Å². The topological polar surface area (TPSA) is 68.2 Å². The first-order valence-electron chi connectivity index (χ1n) is 20.3. The number of rotatable bonds is 7. The first-order chi connectivity index (χ1) is 30.2. The van der Waals surface area contributed by atoms with E-state index >= 15 is 0 Å². The van der Waals surface area contributed by atoms with Gasteiger partial charge < -0.3 is 13.7 Å². The molecular weight excluding hydrogens is 749 g/mol. The zero-order valence-electron chi connectivity index (χ0n) is 32.7. The van der Waals surface area contributed by atoms with Crippen LogP contribution in [-0.4, -0.2) is 15.0 Å². The van der Waals surface area contributed by atoms with Gasteiger partial charge in [-0.2, -0.15) is 0 Å². The average Bonchev–Trinajstić information content (AvgIpc) is 3.89. The number of nitrogens with zero attached hydrogens (tertiary/aromatic N) is 4. The molecule has 61 heavy (non-hydrogen) atoms. The second kappa shape index (κ2) is 14.2. The number of hydrogen-bond donors (Lipinski definition) is 0. The molecule has 6 nitrogen and oxygen atoms in total. The van der Waals surface area contributed by atoms with Gasteiger partial charge in [0.15, 0.2) is 17.5 Å². The Labute approximate surface area is 350 Å². The molecule has 0 aliphatic carbocycles. The van der Waals surface area contributed by atoms with Gasteiger partial charge in [-0.3, -0.25) is 0 Å². The second-order valence-electron chi connectivity index (χ2n) is 15.2. The minimum Gasteiger partial charge on any atom is -0.456 e. The Morgan fingerprint density at radius 2 is 0.869 bits per heavy atom. The van der Waals surface area contributed by atoms with Crippen LogP contribution in [0.2, 0.25) is 0 Å². The summed E-state index contributed by atoms with van der Waals surface area (Å²) in [5.41, 5.74) is 11.1. The van der Waals surface area contributed by atoms with Crippen LogP contribution in [0.15, 0.2) is 215 Å². The van der Waals surface area contributed by atoms with E-state index in [1.54, 1.807) is 0 Å². The van der Waals surface area contributed by atoms with Crippen molar-refractivity contribution in [3.8, 4) is 45.3 Å². The third-order valence-electron chi connectivity index (χ3n) is 11.5. The lowest BCUT2D eigenvalue weighted by Gasteiger charge is -2.25. The standard InChI is InChI=1S/C55H34N4O2/c1-4-14-36(15-5-1)53-56-54(37-16-6-2-7-17-37)58-55(57-53)47-31-40(33-51-52(47)46-30-38-18-10-11-19-39(38)32-50(46)61-51)35-24-26-42(27-25-35)59(41-20-8-3-9-21-41)43-28-29-49-45(34-43)44-22-12-13-23-48(44)60-49/h1-34H. The number of para-hydroxylation sites is 2.